The summed E-state index contributed by atoms with van der Waals surface area (Å²) in [6, 6.07) is 1.84. The van der Waals surface area contributed by atoms with Crippen LogP contribution in [0.2, 0.25) is 0 Å². The second kappa shape index (κ2) is 8.41. The molecule has 0 bridgehead atoms. The topological polar surface area (TPSA) is 88.8 Å². The maximum atomic E-state index is 12.6. The summed E-state index contributed by atoms with van der Waals surface area (Å²) < 4.78 is 10.1. The Morgan fingerprint density at radius 2 is 2.35 bits per heavy atom. The van der Waals surface area contributed by atoms with Gasteiger partial charge in [-0.25, -0.2) is 0 Å². The molecule has 2 aromatic rings. The maximum absolute atomic E-state index is 12.6. The van der Waals surface area contributed by atoms with E-state index in [4.69, 9.17) is 9.26 Å². The van der Waals surface area contributed by atoms with Crippen LogP contribution in [-0.4, -0.2) is 65.6 Å². The highest BCUT2D eigenvalue weighted by molar-refractivity contribution is 7.10. The SMILES string of the molecule is COCCc1noc(CN(C)C(=O)CN2CCCc3sccc3C2=O)n1. The lowest BCUT2D eigenvalue weighted by Gasteiger charge is -2.23. The van der Waals surface area contributed by atoms with E-state index in [1.54, 1.807) is 30.4 Å². The molecule has 0 fully saturated rings. The Morgan fingerprint density at radius 1 is 1.50 bits per heavy atom. The molecule has 9 heteroatoms. The first-order chi connectivity index (χ1) is 12.6. The number of carbonyl (C=O) groups is 2. The molecule has 0 spiro atoms. The summed E-state index contributed by atoms with van der Waals surface area (Å²) in [6.07, 6.45) is 2.30. The molecule has 0 aliphatic carbocycles. The van der Waals surface area contributed by atoms with E-state index in [0.29, 0.717) is 31.3 Å². The summed E-state index contributed by atoms with van der Waals surface area (Å²) in [4.78, 5) is 33.6. The molecule has 0 unspecified atom stereocenters. The molecule has 8 nitrogen and oxygen atoms in total. The van der Waals surface area contributed by atoms with Crippen LogP contribution in [0.4, 0.5) is 0 Å². The molecular weight excluding hydrogens is 356 g/mol. The number of hydrogen-bond acceptors (Lipinski definition) is 7. The first kappa shape index (κ1) is 18.5. The lowest BCUT2D eigenvalue weighted by atomic mass is 10.2. The van der Waals surface area contributed by atoms with Crippen LogP contribution < -0.4 is 0 Å². The number of carbonyl (C=O) groups excluding carboxylic acids is 2. The van der Waals surface area contributed by atoms with Crippen LogP contribution in [0.25, 0.3) is 0 Å². The average Bonchev–Trinajstić information content (AvgIpc) is 3.24. The van der Waals surface area contributed by atoms with E-state index in [1.165, 1.54) is 4.90 Å². The molecule has 1 aliphatic rings. The van der Waals surface area contributed by atoms with Crippen molar-refractivity contribution in [2.24, 2.45) is 0 Å². The van der Waals surface area contributed by atoms with Crippen LogP contribution in [0.1, 0.15) is 33.4 Å². The number of fused-ring (bicyclic) bond motifs is 1. The Balaban J connectivity index is 1.57. The van der Waals surface area contributed by atoms with E-state index < -0.39 is 0 Å². The van der Waals surface area contributed by atoms with Gasteiger partial charge in [0, 0.05) is 32.0 Å². The fourth-order valence-corrected chi connectivity index (χ4v) is 3.72. The molecule has 0 aromatic carbocycles. The molecule has 0 N–H and O–H groups in total. The Labute approximate surface area is 155 Å². The summed E-state index contributed by atoms with van der Waals surface area (Å²) in [5.74, 6) is 0.693. The van der Waals surface area contributed by atoms with Gasteiger partial charge in [-0.15, -0.1) is 11.3 Å². The van der Waals surface area contributed by atoms with Crippen molar-refractivity contribution in [2.45, 2.75) is 25.8 Å². The second-order valence-corrected chi connectivity index (χ2v) is 7.19. The molecule has 0 radical (unpaired) electrons. The van der Waals surface area contributed by atoms with Gasteiger partial charge in [-0.1, -0.05) is 5.16 Å². The lowest BCUT2D eigenvalue weighted by Crippen LogP contribution is -2.41. The van der Waals surface area contributed by atoms with Gasteiger partial charge in [0.1, 0.15) is 6.54 Å². The van der Waals surface area contributed by atoms with Crippen molar-refractivity contribution in [3.8, 4) is 0 Å². The highest BCUT2D eigenvalue weighted by Gasteiger charge is 2.26. The van der Waals surface area contributed by atoms with Gasteiger partial charge >= 0.3 is 0 Å². The predicted molar refractivity (Wildman–Crippen MR) is 94.9 cm³/mol. The number of ether oxygens (including phenoxy) is 1. The zero-order valence-corrected chi connectivity index (χ0v) is 15.8. The molecule has 0 atom stereocenters. The number of aromatic nitrogens is 2. The molecule has 140 valence electrons. The third-order valence-electron chi connectivity index (χ3n) is 4.26. The zero-order valence-electron chi connectivity index (χ0n) is 14.9. The summed E-state index contributed by atoms with van der Waals surface area (Å²) in [5.41, 5.74) is 0.725. The largest absolute Gasteiger partial charge is 0.384 e. The third kappa shape index (κ3) is 4.28. The van der Waals surface area contributed by atoms with Crippen molar-refractivity contribution in [3.05, 3.63) is 33.6 Å². The van der Waals surface area contributed by atoms with Gasteiger partial charge in [0.05, 0.1) is 18.7 Å². The van der Waals surface area contributed by atoms with Gasteiger partial charge in [0.2, 0.25) is 11.8 Å². The Kier molecular flexibility index (Phi) is 6.00. The van der Waals surface area contributed by atoms with E-state index >= 15 is 0 Å². The second-order valence-electron chi connectivity index (χ2n) is 6.18. The van der Waals surface area contributed by atoms with Crippen molar-refractivity contribution in [1.29, 1.82) is 0 Å². The highest BCUT2D eigenvalue weighted by atomic mass is 32.1. The lowest BCUT2D eigenvalue weighted by molar-refractivity contribution is -0.131. The quantitative estimate of drug-likeness (QED) is 0.723. The summed E-state index contributed by atoms with van der Waals surface area (Å²) in [6.45, 7) is 1.36. The number of rotatable bonds is 7. The third-order valence-corrected chi connectivity index (χ3v) is 5.24. The van der Waals surface area contributed by atoms with Gasteiger partial charge in [0.15, 0.2) is 5.82 Å². The molecule has 26 heavy (non-hydrogen) atoms. The predicted octanol–water partition coefficient (Wildman–Crippen LogP) is 1.37. The molecule has 0 saturated carbocycles. The molecule has 2 amide bonds. The van der Waals surface area contributed by atoms with Gasteiger partial charge in [-0.05, 0) is 24.3 Å². The Hall–Kier alpha value is -2.26. The number of aryl methyl sites for hydroxylation is 1. The standard InChI is InChI=1S/C17H22N4O4S/c1-20(10-15-18-14(19-25-15)5-8-24-2)16(22)11-21-7-3-4-13-12(17(21)23)6-9-26-13/h6,9H,3-5,7-8,10-11H2,1-2H3. The highest BCUT2D eigenvalue weighted by Crippen LogP contribution is 2.23. The van der Waals surface area contributed by atoms with Crippen molar-refractivity contribution >= 4 is 23.2 Å². The minimum Gasteiger partial charge on any atom is -0.384 e. The van der Waals surface area contributed by atoms with Gasteiger partial charge in [-0.3, -0.25) is 9.59 Å². The van der Waals surface area contributed by atoms with Gasteiger partial charge < -0.3 is 19.1 Å². The van der Waals surface area contributed by atoms with E-state index in [-0.39, 0.29) is 24.9 Å². The van der Waals surface area contributed by atoms with Crippen LogP contribution in [-0.2, 0) is 28.9 Å². The summed E-state index contributed by atoms with van der Waals surface area (Å²) in [7, 11) is 3.27. The van der Waals surface area contributed by atoms with Crippen molar-refractivity contribution in [2.75, 3.05) is 33.9 Å². The number of nitrogens with zero attached hydrogens (tertiary/aromatic N) is 4. The number of methoxy groups -OCH3 is 1. The van der Waals surface area contributed by atoms with Crippen molar-refractivity contribution < 1.29 is 18.8 Å². The summed E-state index contributed by atoms with van der Waals surface area (Å²) in [5, 5.41) is 5.79. The van der Waals surface area contributed by atoms with Gasteiger partial charge in [-0.2, -0.15) is 4.98 Å². The maximum Gasteiger partial charge on any atom is 0.255 e. The zero-order chi connectivity index (χ0) is 18.5. The summed E-state index contributed by atoms with van der Waals surface area (Å²) >= 11 is 1.60. The van der Waals surface area contributed by atoms with Crippen LogP contribution in [0.5, 0.6) is 0 Å². The van der Waals surface area contributed by atoms with Crippen LogP contribution in [0.3, 0.4) is 0 Å². The molecule has 0 saturated heterocycles. The van der Waals surface area contributed by atoms with Gasteiger partial charge in [0.25, 0.3) is 5.91 Å². The van der Waals surface area contributed by atoms with E-state index in [0.717, 1.165) is 23.3 Å². The van der Waals surface area contributed by atoms with E-state index in [9.17, 15) is 9.59 Å². The number of hydrogen-bond donors (Lipinski definition) is 0. The van der Waals surface area contributed by atoms with E-state index in [2.05, 4.69) is 10.1 Å². The molecule has 3 heterocycles. The van der Waals surface area contributed by atoms with Crippen LogP contribution in [0, 0.1) is 0 Å². The smallest absolute Gasteiger partial charge is 0.255 e. The number of likely N-dealkylation sites (N-methyl/N-ethyl adjacent to an activating group) is 1. The normalized spacial score (nSPS) is 14.2. The molecule has 2 aromatic heterocycles. The van der Waals surface area contributed by atoms with E-state index in [1.807, 2.05) is 11.4 Å². The fourth-order valence-electron chi connectivity index (χ4n) is 2.80. The Bertz CT molecular complexity index is 772. The fraction of sp³-hybridized carbons (Fsp3) is 0.529. The monoisotopic (exact) mass is 378 g/mol. The minimum absolute atomic E-state index is 0.0509. The number of amides is 2. The Morgan fingerprint density at radius 3 is 3.15 bits per heavy atom. The van der Waals surface area contributed by atoms with Crippen molar-refractivity contribution in [3.63, 3.8) is 0 Å². The number of thiophene rings is 1. The van der Waals surface area contributed by atoms with Crippen LogP contribution in [0.15, 0.2) is 16.0 Å². The first-order valence-electron chi connectivity index (χ1n) is 8.48. The molecule has 1 aliphatic heterocycles. The average molecular weight is 378 g/mol. The first-order valence-corrected chi connectivity index (χ1v) is 9.36. The molecule has 3 rings (SSSR count). The molecular formula is C17H22N4O4S. The minimum atomic E-state index is -0.159. The van der Waals surface area contributed by atoms with Crippen molar-refractivity contribution in [1.82, 2.24) is 19.9 Å². The van der Waals surface area contributed by atoms with Crippen LogP contribution >= 0.6 is 11.3 Å².